The van der Waals surface area contributed by atoms with Crippen molar-refractivity contribution in [3.63, 3.8) is 0 Å². The van der Waals surface area contributed by atoms with Crippen LogP contribution in [0, 0.1) is 11.8 Å². The van der Waals surface area contributed by atoms with E-state index in [2.05, 4.69) is 51.6 Å². The zero-order chi connectivity index (χ0) is 9.84. The molecule has 0 heterocycles. The zero-order valence-corrected chi connectivity index (χ0v) is 8.75. The molecule has 0 aromatic heterocycles. The lowest BCUT2D eigenvalue weighted by atomic mass is 9.87. The van der Waals surface area contributed by atoms with Gasteiger partial charge in [-0.05, 0) is 23.0 Å². The Morgan fingerprint density at radius 3 is 2.08 bits per heavy atom. The Morgan fingerprint density at radius 2 is 1.62 bits per heavy atom. The summed E-state index contributed by atoms with van der Waals surface area (Å²) < 4.78 is 0. The maximum Gasteiger partial charge on any atom is -0.0167 e. The highest BCUT2D eigenvalue weighted by Gasteiger charge is 2.11. The van der Waals surface area contributed by atoms with Crippen LogP contribution in [0.25, 0.3) is 5.57 Å². The fourth-order valence-corrected chi connectivity index (χ4v) is 1.32. The van der Waals surface area contributed by atoms with Crippen LogP contribution in [-0.2, 0) is 0 Å². The predicted octanol–water partition coefficient (Wildman–Crippen LogP) is 3.99. The molecule has 1 atom stereocenters. The molecular formula is C13H18. The molecule has 1 rings (SSSR count). The van der Waals surface area contributed by atoms with Gasteiger partial charge in [-0.1, -0.05) is 57.7 Å². The standard InChI is InChI=1S/C13H18/c1-10(2)11(3)12(4)13-8-6-5-7-9-13/h5-11H,4H2,1-3H3/t11-/m0/s1. The van der Waals surface area contributed by atoms with Crippen molar-refractivity contribution in [2.24, 2.45) is 11.8 Å². The number of hydrogen-bond donors (Lipinski definition) is 0. The van der Waals surface area contributed by atoms with Gasteiger partial charge in [-0.25, -0.2) is 0 Å². The van der Waals surface area contributed by atoms with Gasteiger partial charge in [0.25, 0.3) is 0 Å². The number of hydrogen-bond acceptors (Lipinski definition) is 0. The number of allylic oxidation sites excluding steroid dienone is 1. The van der Waals surface area contributed by atoms with Crippen LogP contribution in [0.3, 0.4) is 0 Å². The molecule has 0 spiro atoms. The molecule has 1 aromatic rings. The molecule has 0 nitrogen and oxygen atoms in total. The predicted molar refractivity (Wildman–Crippen MR) is 59.5 cm³/mol. The van der Waals surface area contributed by atoms with E-state index in [0.29, 0.717) is 11.8 Å². The van der Waals surface area contributed by atoms with Crippen molar-refractivity contribution >= 4 is 5.57 Å². The van der Waals surface area contributed by atoms with Gasteiger partial charge < -0.3 is 0 Å². The highest BCUT2D eigenvalue weighted by Crippen LogP contribution is 2.26. The molecule has 1 aromatic carbocycles. The van der Waals surface area contributed by atoms with E-state index in [4.69, 9.17) is 0 Å². The first-order valence-electron chi connectivity index (χ1n) is 4.87. The van der Waals surface area contributed by atoms with Crippen LogP contribution < -0.4 is 0 Å². The third-order valence-corrected chi connectivity index (χ3v) is 2.69. The summed E-state index contributed by atoms with van der Waals surface area (Å²) >= 11 is 0. The Balaban J connectivity index is 2.80. The molecule has 0 aliphatic heterocycles. The molecule has 0 aliphatic rings. The van der Waals surface area contributed by atoms with E-state index in [-0.39, 0.29) is 0 Å². The number of rotatable bonds is 3. The van der Waals surface area contributed by atoms with Crippen molar-refractivity contribution in [1.82, 2.24) is 0 Å². The van der Waals surface area contributed by atoms with Crippen LogP contribution in [0.1, 0.15) is 26.3 Å². The molecule has 0 unspecified atom stereocenters. The van der Waals surface area contributed by atoms with Gasteiger partial charge in [-0.15, -0.1) is 0 Å². The molecular weight excluding hydrogens is 156 g/mol. The minimum absolute atomic E-state index is 0.558. The second-order valence-electron chi connectivity index (χ2n) is 3.92. The van der Waals surface area contributed by atoms with Crippen LogP contribution in [0.15, 0.2) is 36.9 Å². The smallest absolute Gasteiger partial charge is 0.0167 e. The van der Waals surface area contributed by atoms with Crippen molar-refractivity contribution in [2.75, 3.05) is 0 Å². The molecule has 70 valence electrons. The van der Waals surface area contributed by atoms with Crippen LogP contribution in [-0.4, -0.2) is 0 Å². The third kappa shape index (κ3) is 2.45. The van der Waals surface area contributed by atoms with Gasteiger partial charge in [-0.2, -0.15) is 0 Å². The highest BCUT2D eigenvalue weighted by molar-refractivity contribution is 5.64. The quantitative estimate of drug-likeness (QED) is 0.650. The summed E-state index contributed by atoms with van der Waals surface area (Å²) in [5.74, 6) is 1.22. The van der Waals surface area contributed by atoms with Crippen molar-refractivity contribution in [1.29, 1.82) is 0 Å². The van der Waals surface area contributed by atoms with Gasteiger partial charge in [0, 0.05) is 0 Å². The average molecular weight is 174 g/mol. The van der Waals surface area contributed by atoms with Gasteiger partial charge in [0.05, 0.1) is 0 Å². The largest absolute Gasteiger partial charge is 0.0950 e. The summed E-state index contributed by atoms with van der Waals surface area (Å²) in [7, 11) is 0. The first-order chi connectivity index (χ1) is 6.13. The SMILES string of the molecule is C=C(c1ccccc1)[C@@H](C)C(C)C. The van der Waals surface area contributed by atoms with Crippen LogP contribution in [0.2, 0.25) is 0 Å². The minimum Gasteiger partial charge on any atom is -0.0950 e. The molecule has 0 N–H and O–H groups in total. The first kappa shape index (κ1) is 10.0. The summed E-state index contributed by atoms with van der Waals surface area (Å²) in [5.41, 5.74) is 2.51. The minimum atomic E-state index is 0.558. The van der Waals surface area contributed by atoms with Gasteiger partial charge in [0.15, 0.2) is 0 Å². The van der Waals surface area contributed by atoms with E-state index < -0.39 is 0 Å². The Bertz CT molecular complexity index is 269. The second kappa shape index (κ2) is 4.27. The molecule has 0 saturated heterocycles. The monoisotopic (exact) mass is 174 g/mol. The van der Waals surface area contributed by atoms with Gasteiger partial charge in [-0.3, -0.25) is 0 Å². The van der Waals surface area contributed by atoms with E-state index >= 15 is 0 Å². The molecule has 0 radical (unpaired) electrons. The summed E-state index contributed by atoms with van der Waals surface area (Å²) in [6.45, 7) is 10.9. The Morgan fingerprint density at radius 1 is 1.08 bits per heavy atom. The van der Waals surface area contributed by atoms with E-state index in [9.17, 15) is 0 Å². The van der Waals surface area contributed by atoms with Gasteiger partial charge in [0.1, 0.15) is 0 Å². The molecule has 0 bridgehead atoms. The molecule has 0 heteroatoms. The van der Waals surface area contributed by atoms with E-state index in [1.54, 1.807) is 0 Å². The second-order valence-corrected chi connectivity index (χ2v) is 3.92. The third-order valence-electron chi connectivity index (χ3n) is 2.69. The Hall–Kier alpha value is -1.04. The normalized spacial score (nSPS) is 12.9. The van der Waals surface area contributed by atoms with Crippen molar-refractivity contribution in [2.45, 2.75) is 20.8 Å². The van der Waals surface area contributed by atoms with E-state index in [1.165, 1.54) is 11.1 Å². The topological polar surface area (TPSA) is 0 Å². The molecule has 0 fully saturated rings. The van der Waals surface area contributed by atoms with Crippen molar-refractivity contribution in [3.8, 4) is 0 Å². The molecule has 13 heavy (non-hydrogen) atoms. The fraction of sp³-hybridized carbons (Fsp3) is 0.385. The zero-order valence-electron chi connectivity index (χ0n) is 8.75. The molecule has 0 aliphatic carbocycles. The van der Waals surface area contributed by atoms with Gasteiger partial charge >= 0.3 is 0 Å². The Labute approximate surface area is 81.3 Å². The average Bonchev–Trinajstić information content (AvgIpc) is 2.17. The van der Waals surface area contributed by atoms with Gasteiger partial charge in [0.2, 0.25) is 0 Å². The van der Waals surface area contributed by atoms with Crippen LogP contribution in [0.4, 0.5) is 0 Å². The summed E-state index contributed by atoms with van der Waals surface area (Å²) in [5, 5.41) is 0. The van der Waals surface area contributed by atoms with Crippen molar-refractivity contribution < 1.29 is 0 Å². The van der Waals surface area contributed by atoms with E-state index in [0.717, 1.165) is 0 Å². The fourth-order valence-electron chi connectivity index (χ4n) is 1.32. The summed E-state index contributed by atoms with van der Waals surface area (Å²) in [6, 6.07) is 10.4. The lowest BCUT2D eigenvalue weighted by Crippen LogP contribution is -2.05. The van der Waals surface area contributed by atoms with Crippen LogP contribution in [0.5, 0.6) is 0 Å². The van der Waals surface area contributed by atoms with E-state index in [1.807, 2.05) is 6.07 Å². The maximum absolute atomic E-state index is 4.15. The maximum atomic E-state index is 4.15. The summed E-state index contributed by atoms with van der Waals surface area (Å²) in [6.07, 6.45) is 0. The molecule has 0 saturated carbocycles. The lowest BCUT2D eigenvalue weighted by Gasteiger charge is -2.18. The number of benzene rings is 1. The first-order valence-corrected chi connectivity index (χ1v) is 4.87. The van der Waals surface area contributed by atoms with Crippen LogP contribution >= 0.6 is 0 Å². The van der Waals surface area contributed by atoms with Crippen molar-refractivity contribution in [3.05, 3.63) is 42.5 Å². The highest BCUT2D eigenvalue weighted by atomic mass is 14.2. The molecule has 0 amide bonds. The Kier molecular flexibility index (Phi) is 3.30. The lowest BCUT2D eigenvalue weighted by molar-refractivity contribution is 0.518. The summed E-state index contributed by atoms with van der Waals surface area (Å²) in [4.78, 5) is 0.